The number of nitrogens with zero attached hydrogens (tertiary/aromatic N) is 1. The molecule has 22 heavy (non-hydrogen) atoms. The average molecular weight is 327 g/mol. The second kappa shape index (κ2) is 6.06. The molecule has 1 amide bonds. The summed E-state index contributed by atoms with van der Waals surface area (Å²) in [6.07, 6.45) is 1.46. The molecular formula is C14H20BClN2O4. The topological polar surface area (TPSA) is 69.7 Å². The Morgan fingerprint density at radius 1 is 1.36 bits per heavy atom. The van der Waals surface area contributed by atoms with Gasteiger partial charge in [0.25, 0.3) is 5.91 Å². The van der Waals surface area contributed by atoms with Crippen LogP contribution in [-0.4, -0.2) is 42.9 Å². The van der Waals surface area contributed by atoms with Crippen molar-refractivity contribution in [3.05, 3.63) is 17.3 Å². The smallest absolute Gasteiger partial charge is 0.468 e. The molecule has 0 saturated carbocycles. The first-order valence-corrected chi connectivity index (χ1v) is 7.38. The van der Waals surface area contributed by atoms with Gasteiger partial charge in [-0.05, 0) is 27.7 Å². The molecule has 120 valence electrons. The number of ether oxygens (including phenoxy) is 1. The van der Waals surface area contributed by atoms with Crippen LogP contribution in [0.25, 0.3) is 0 Å². The minimum Gasteiger partial charge on any atom is -0.468 e. The first-order chi connectivity index (χ1) is 10.2. The van der Waals surface area contributed by atoms with E-state index in [9.17, 15) is 4.79 Å². The van der Waals surface area contributed by atoms with E-state index >= 15 is 0 Å². The second-order valence-corrected chi connectivity index (χ2v) is 6.50. The standard InChI is InChI=1S/C14H20BClN2O4/c1-13(2)14(3,4)22-15(21-13)9-6-12(18-7-10(9)16)20-8-11(19)17-5/h6-7H,8H2,1-5H3,(H,17,19). The highest BCUT2D eigenvalue weighted by atomic mass is 35.5. The second-order valence-electron chi connectivity index (χ2n) is 6.09. The Bertz CT molecular complexity index is 564. The van der Waals surface area contributed by atoms with E-state index in [0.717, 1.165) is 0 Å². The van der Waals surface area contributed by atoms with Crippen LogP contribution in [0.3, 0.4) is 0 Å². The fourth-order valence-corrected chi connectivity index (χ4v) is 2.07. The highest BCUT2D eigenvalue weighted by molar-refractivity contribution is 6.65. The van der Waals surface area contributed by atoms with E-state index < -0.39 is 18.3 Å². The number of likely N-dealkylation sites (N-methyl/N-ethyl adjacent to an activating group) is 1. The van der Waals surface area contributed by atoms with Crippen molar-refractivity contribution in [2.75, 3.05) is 13.7 Å². The van der Waals surface area contributed by atoms with Crippen molar-refractivity contribution in [3.63, 3.8) is 0 Å². The highest BCUT2D eigenvalue weighted by Crippen LogP contribution is 2.37. The van der Waals surface area contributed by atoms with E-state index in [0.29, 0.717) is 10.5 Å². The van der Waals surface area contributed by atoms with Crippen molar-refractivity contribution in [3.8, 4) is 5.88 Å². The number of halogens is 1. The molecular weight excluding hydrogens is 306 g/mol. The Morgan fingerprint density at radius 3 is 2.50 bits per heavy atom. The molecule has 1 aromatic heterocycles. The Balaban J connectivity index is 2.19. The van der Waals surface area contributed by atoms with Gasteiger partial charge < -0.3 is 19.4 Å². The van der Waals surface area contributed by atoms with Crippen LogP contribution < -0.4 is 15.5 Å². The zero-order valence-electron chi connectivity index (χ0n) is 13.4. The molecule has 0 unspecified atom stereocenters. The lowest BCUT2D eigenvalue weighted by molar-refractivity contribution is -0.122. The number of carbonyl (C=O) groups excluding carboxylic acids is 1. The summed E-state index contributed by atoms with van der Waals surface area (Å²) in [6.45, 7) is 7.74. The van der Waals surface area contributed by atoms with Crippen LogP contribution in [0.1, 0.15) is 27.7 Å². The number of hydrogen-bond donors (Lipinski definition) is 1. The van der Waals surface area contributed by atoms with Gasteiger partial charge in [-0.3, -0.25) is 4.79 Å². The summed E-state index contributed by atoms with van der Waals surface area (Å²) >= 11 is 6.20. The maximum atomic E-state index is 11.2. The van der Waals surface area contributed by atoms with Crippen molar-refractivity contribution < 1.29 is 18.8 Å². The summed E-state index contributed by atoms with van der Waals surface area (Å²) in [5.41, 5.74) is -0.303. The number of aromatic nitrogens is 1. The molecule has 1 aliphatic heterocycles. The molecule has 1 fully saturated rings. The van der Waals surface area contributed by atoms with Gasteiger partial charge in [0.2, 0.25) is 5.88 Å². The third-order valence-corrected chi connectivity index (χ3v) is 4.31. The van der Waals surface area contributed by atoms with E-state index in [2.05, 4.69) is 10.3 Å². The molecule has 8 heteroatoms. The molecule has 1 aliphatic rings. The number of amides is 1. The summed E-state index contributed by atoms with van der Waals surface area (Å²) in [4.78, 5) is 15.3. The van der Waals surface area contributed by atoms with E-state index in [-0.39, 0.29) is 18.4 Å². The maximum absolute atomic E-state index is 11.2. The Kier molecular flexibility index (Phi) is 4.70. The summed E-state index contributed by atoms with van der Waals surface area (Å²) in [5, 5.41) is 2.89. The van der Waals surface area contributed by atoms with E-state index in [1.54, 1.807) is 6.07 Å². The largest absolute Gasteiger partial charge is 0.496 e. The molecule has 1 saturated heterocycles. The summed E-state index contributed by atoms with van der Waals surface area (Å²) in [5.74, 6) is 0.0478. The van der Waals surface area contributed by atoms with Crippen molar-refractivity contribution in [1.82, 2.24) is 10.3 Å². The highest BCUT2D eigenvalue weighted by Gasteiger charge is 2.52. The van der Waals surface area contributed by atoms with Crippen LogP contribution in [0.4, 0.5) is 0 Å². The Labute approximate surface area is 135 Å². The lowest BCUT2D eigenvalue weighted by Crippen LogP contribution is -2.41. The SMILES string of the molecule is CNC(=O)COc1cc(B2OC(C)(C)C(C)(C)O2)c(Cl)cn1. The fraction of sp³-hybridized carbons (Fsp3) is 0.571. The molecule has 0 aromatic carbocycles. The van der Waals surface area contributed by atoms with Gasteiger partial charge in [0.1, 0.15) is 0 Å². The van der Waals surface area contributed by atoms with Crippen molar-refractivity contribution in [2.45, 2.75) is 38.9 Å². The number of nitrogens with one attached hydrogen (secondary N) is 1. The molecule has 6 nitrogen and oxygen atoms in total. The van der Waals surface area contributed by atoms with Gasteiger partial charge in [0.05, 0.1) is 16.2 Å². The van der Waals surface area contributed by atoms with Gasteiger partial charge in [-0.15, -0.1) is 0 Å². The fourth-order valence-electron chi connectivity index (χ4n) is 1.88. The first kappa shape index (κ1) is 17.1. The van der Waals surface area contributed by atoms with Gasteiger partial charge >= 0.3 is 7.12 Å². The molecule has 1 N–H and O–H groups in total. The minimum absolute atomic E-state index is 0.117. The molecule has 2 heterocycles. The van der Waals surface area contributed by atoms with Crippen LogP contribution in [0.15, 0.2) is 12.3 Å². The molecule has 1 aromatic rings. The predicted octanol–water partition coefficient (Wildman–Crippen LogP) is 1.16. The molecule has 0 aliphatic carbocycles. The summed E-state index contributed by atoms with van der Waals surface area (Å²) in [7, 11) is 0.930. The Morgan fingerprint density at radius 2 is 1.95 bits per heavy atom. The minimum atomic E-state index is -0.608. The number of pyridine rings is 1. The number of carbonyl (C=O) groups is 1. The first-order valence-electron chi connectivity index (χ1n) is 7.01. The normalized spacial score (nSPS) is 19.1. The van der Waals surface area contributed by atoms with Gasteiger partial charge in [0, 0.05) is 24.8 Å². The molecule has 0 radical (unpaired) electrons. The summed E-state index contributed by atoms with van der Waals surface area (Å²) in [6, 6.07) is 1.63. The van der Waals surface area contributed by atoms with Crippen LogP contribution >= 0.6 is 11.6 Å². The van der Waals surface area contributed by atoms with Gasteiger partial charge in [0.15, 0.2) is 6.61 Å². The van der Waals surface area contributed by atoms with Crippen molar-refractivity contribution in [2.24, 2.45) is 0 Å². The molecule has 0 bridgehead atoms. The van der Waals surface area contributed by atoms with Gasteiger partial charge in [-0.25, -0.2) is 4.98 Å². The third-order valence-electron chi connectivity index (χ3n) is 4.00. The molecule has 2 rings (SSSR count). The van der Waals surface area contributed by atoms with Crippen molar-refractivity contribution in [1.29, 1.82) is 0 Å². The van der Waals surface area contributed by atoms with Crippen LogP contribution in [0.5, 0.6) is 5.88 Å². The van der Waals surface area contributed by atoms with Crippen LogP contribution in [0, 0.1) is 0 Å². The lowest BCUT2D eigenvalue weighted by Gasteiger charge is -2.32. The van der Waals surface area contributed by atoms with Gasteiger partial charge in [-0.2, -0.15) is 0 Å². The molecule has 0 atom stereocenters. The Hall–Kier alpha value is -1.31. The van der Waals surface area contributed by atoms with Gasteiger partial charge in [-0.1, -0.05) is 11.6 Å². The van der Waals surface area contributed by atoms with E-state index in [1.807, 2.05) is 27.7 Å². The van der Waals surface area contributed by atoms with E-state index in [4.69, 9.17) is 25.6 Å². The van der Waals surface area contributed by atoms with Crippen molar-refractivity contribution >= 4 is 30.1 Å². The maximum Gasteiger partial charge on any atom is 0.496 e. The monoisotopic (exact) mass is 326 g/mol. The number of rotatable bonds is 4. The van der Waals surface area contributed by atoms with E-state index in [1.165, 1.54) is 13.2 Å². The zero-order valence-corrected chi connectivity index (χ0v) is 14.2. The lowest BCUT2D eigenvalue weighted by atomic mass is 9.79. The average Bonchev–Trinajstić information content (AvgIpc) is 2.66. The van der Waals surface area contributed by atoms with Crippen LogP contribution in [-0.2, 0) is 14.1 Å². The predicted molar refractivity (Wildman–Crippen MR) is 84.5 cm³/mol. The van der Waals surface area contributed by atoms with Crippen LogP contribution in [0.2, 0.25) is 5.02 Å². The third kappa shape index (κ3) is 3.37. The summed E-state index contributed by atoms with van der Waals surface area (Å²) < 4.78 is 17.3. The zero-order chi connectivity index (χ0) is 16.5. The molecule has 0 spiro atoms. The number of hydrogen-bond acceptors (Lipinski definition) is 5. The quantitative estimate of drug-likeness (QED) is 0.841.